The molecule has 1 heterocycles. The van der Waals surface area contributed by atoms with Crippen LogP contribution in [0.25, 0.3) is 11.1 Å². The molecular formula is C31H36O4. The van der Waals surface area contributed by atoms with Crippen LogP contribution in [0.15, 0.2) is 71.1 Å². The van der Waals surface area contributed by atoms with Crippen molar-refractivity contribution >= 4 is 5.78 Å². The van der Waals surface area contributed by atoms with E-state index < -0.39 is 5.60 Å². The molecule has 4 aliphatic rings. The highest BCUT2D eigenvalue weighted by Gasteiger charge is 2.61. The number of furan rings is 1. The first-order valence-corrected chi connectivity index (χ1v) is 13.3. The van der Waals surface area contributed by atoms with E-state index in [-0.39, 0.29) is 23.7 Å². The Hall–Kier alpha value is -2.43. The minimum Gasteiger partial charge on any atom is -0.472 e. The topological polar surface area (TPSA) is 70.7 Å². The standard InChI is InChI=1S/C31H36O4/c1-30-13-9-24-25(28(30)10-14-31(30,34)12-2-15-32)8-7-22-17-29(33)27(18-26(22)24)21-5-3-20(4-6-21)23-11-16-35-19-23/h2-6,11-12,16-17,19,24-28,32,34H,7-10,13-15,18H2,1H3/t24-,25+,26-,27?,28-,30-,31-/m0/s1. The number of hydrogen-bond donors (Lipinski definition) is 2. The third-order valence-electron chi connectivity index (χ3n) is 10.3. The fourth-order valence-corrected chi connectivity index (χ4v) is 8.39. The average Bonchev–Trinajstić information content (AvgIpc) is 3.49. The highest BCUT2D eigenvalue weighted by molar-refractivity contribution is 5.97. The van der Waals surface area contributed by atoms with Crippen LogP contribution in [-0.4, -0.2) is 28.2 Å². The number of carbonyl (C=O) groups is 1. The number of ketones is 1. The maximum Gasteiger partial charge on any atom is 0.163 e. The van der Waals surface area contributed by atoms with Gasteiger partial charge in [-0.3, -0.25) is 4.79 Å². The predicted molar refractivity (Wildman–Crippen MR) is 136 cm³/mol. The fourth-order valence-electron chi connectivity index (χ4n) is 8.39. The van der Waals surface area contributed by atoms with Gasteiger partial charge in [-0.25, -0.2) is 0 Å². The second-order valence-corrected chi connectivity index (χ2v) is 11.6. The van der Waals surface area contributed by atoms with Crippen molar-refractivity contribution in [2.45, 2.75) is 63.4 Å². The van der Waals surface area contributed by atoms with Gasteiger partial charge in [0.2, 0.25) is 0 Å². The van der Waals surface area contributed by atoms with E-state index in [1.54, 1.807) is 18.6 Å². The Morgan fingerprint density at radius 2 is 1.89 bits per heavy atom. The van der Waals surface area contributed by atoms with Crippen LogP contribution in [0.4, 0.5) is 0 Å². The number of carbonyl (C=O) groups excluding carboxylic acids is 1. The molecular weight excluding hydrogens is 436 g/mol. The van der Waals surface area contributed by atoms with E-state index in [0.29, 0.717) is 23.7 Å². The molecule has 0 amide bonds. The zero-order chi connectivity index (χ0) is 24.2. The van der Waals surface area contributed by atoms with Crippen molar-refractivity contribution in [2.75, 3.05) is 6.61 Å². The van der Waals surface area contributed by atoms with Gasteiger partial charge in [-0.1, -0.05) is 48.9 Å². The maximum absolute atomic E-state index is 13.2. The average molecular weight is 473 g/mol. The largest absolute Gasteiger partial charge is 0.472 e. The first-order chi connectivity index (χ1) is 16.9. The molecule has 1 aromatic heterocycles. The molecule has 0 aliphatic heterocycles. The molecule has 3 fully saturated rings. The summed E-state index contributed by atoms with van der Waals surface area (Å²) in [6.07, 6.45) is 16.0. The summed E-state index contributed by atoms with van der Waals surface area (Å²) < 4.78 is 5.22. The van der Waals surface area contributed by atoms with E-state index in [1.165, 1.54) is 5.57 Å². The molecule has 184 valence electrons. The van der Waals surface area contributed by atoms with Crippen LogP contribution < -0.4 is 0 Å². The van der Waals surface area contributed by atoms with Crippen LogP contribution >= 0.6 is 0 Å². The van der Waals surface area contributed by atoms with Gasteiger partial charge in [-0.15, -0.1) is 0 Å². The summed E-state index contributed by atoms with van der Waals surface area (Å²) >= 11 is 0. The normalized spacial score (nSPS) is 38.7. The quantitative estimate of drug-likeness (QED) is 0.531. The number of aliphatic hydroxyl groups is 2. The second kappa shape index (κ2) is 8.60. The van der Waals surface area contributed by atoms with Crippen molar-refractivity contribution in [3.63, 3.8) is 0 Å². The zero-order valence-electron chi connectivity index (χ0n) is 20.5. The molecule has 1 aromatic carbocycles. The van der Waals surface area contributed by atoms with Crippen LogP contribution in [0, 0.1) is 29.1 Å². The van der Waals surface area contributed by atoms with E-state index in [4.69, 9.17) is 4.42 Å². The molecule has 2 N–H and O–H groups in total. The van der Waals surface area contributed by atoms with Crippen LogP contribution in [-0.2, 0) is 4.79 Å². The van der Waals surface area contributed by atoms with Gasteiger partial charge in [0.15, 0.2) is 5.78 Å². The SMILES string of the molecule is C[C@]12CC[C@H]3[C@@H](CCC4=CC(=O)C(c5ccc(-c6ccoc6)cc5)C[C@@H]43)[C@@H]1CC[C@@]2(O)C=CCO. The molecule has 1 unspecified atom stereocenters. The van der Waals surface area contributed by atoms with Gasteiger partial charge in [0.25, 0.3) is 0 Å². The van der Waals surface area contributed by atoms with Crippen LogP contribution in [0.5, 0.6) is 0 Å². The Balaban J connectivity index is 1.24. The smallest absolute Gasteiger partial charge is 0.163 e. The minimum atomic E-state index is -0.816. The van der Waals surface area contributed by atoms with E-state index >= 15 is 0 Å². The van der Waals surface area contributed by atoms with Crippen molar-refractivity contribution in [3.8, 4) is 11.1 Å². The number of fused-ring (bicyclic) bond motifs is 5. The van der Waals surface area contributed by atoms with Gasteiger partial charge < -0.3 is 14.6 Å². The second-order valence-electron chi connectivity index (χ2n) is 11.6. The minimum absolute atomic E-state index is 0.0240. The number of benzene rings is 1. The molecule has 35 heavy (non-hydrogen) atoms. The van der Waals surface area contributed by atoms with Crippen molar-refractivity contribution in [1.82, 2.24) is 0 Å². The van der Waals surface area contributed by atoms with Gasteiger partial charge in [0.05, 0.1) is 24.7 Å². The van der Waals surface area contributed by atoms with Gasteiger partial charge in [-0.05, 0) is 91.9 Å². The summed E-state index contributed by atoms with van der Waals surface area (Å²) in [4.78, 5) is 13.2. The zero-order valence-corrected chi connectivity index (χ0v) is 20.5. The summed E-state index contributed by atoms with van der Waals surface area (Å²) in [5, 5.41) is 20.9. The maximum atomic E-state index is 13.2. The van der Waals surface area contributed by atoms with Crippen LogP contribution in [0.3, 0.4) is 0 Å². The molecule has 0 saturated heterocycles. The van der Waals surface area contributed by atoms with Crippen molar-refractivity contribution in [3.05, 3.63) is 72.2 Å². The summed E-state index contributed by atoms with van der Waals surface area (Å²) in [6, 6.07) is 10.4. The Labute approximate surface area is 207 Å². The molecule has 3 saturated carbocycles. The summed E-state index contributed by atoms with van der Waals surface area (Å²) in [7, 11) is 0. The lowest BCUT2D eigenvalue weighted by molar-refractivity contribution is -0.118. The van der Waals surface area contributed by atoms with Crippen molar-refractivity contribution in [1.29, 1.82) is 0 Å². The Morgan fingerprint density at radius 3 is 2.63 bits per heavy atom. The Bertz CT molecular complexity index is 1140. The molecule has 7 atom stereocenters. The van der Waals surface area contributed by atoms with Gasteiger partial charge in [-0.2, -0.15) is 0 Å². The number of aliphatic hydroxyl groups excluding tert-OH is 1. The first-order valence-electron chi connectivity index (χ1n) is 13.3. The summed E-state index contributed by atoms with van der Waals surface area (Å²) in [5.74, 6) is 2.36. The monoisotopic (exact) mass is 472 g/mol. The molecule has 4 nitrogen and oxygen atoms in total. The predicted octanol–water partition coefficient (Wildman–Crippen LogP) is 6.06. The molecule has 4 heteroatoms. The number of hydrogen-bond acceptors (Lipinski definition) is 4. The van der Waals surface area contributed by atoms with Crippen molar-refractivity contribution in [2.24, 2.45) is 29.1 Å². The fraction of sp³-hybridized carbons (Fsp3) is 0.516. The lowest BCUT2D eigenvalue weighted by Crippen LogP contribution is -2.52. The Kier molecular flexibility index (Phi) is 5.65. The molecule has 2 aromatic rings. The highest BCUT2D eigenvalue weighted by Crippen LogP contribution is 2.65. The molecule has 0 radical (unpaired) electrons. The van der Waals surface area contributed by atoms with Gasteiger partial charge in [0, 0.05) is 16.9 Å². The molecule has 6 rings (SSSR count). The third-order valence-corrected chi connectivity index (χ3v) is 10.3. The highest BCUT2D eigenvalue weighted by atomic mass is 16.3. The van der Waals surface area contributed by atoms with Crippen LogP contribution in [0.1, 0.15) is 63.4 Å². The number of rotatable bonds is 4. The first kappa shape index (κ1) is 23.0. The van der Waals surface area contributed by atoms with E-state index in [0.717, 1.165) is 61.6 Å². The molecule has 0 bridgehead atoms. The van der Waals surface area contributed by atoms with E-state index in [1.807, 2.05) is 18.2 Å². The lowest BCUT2D eigenvalue weighted by atomic mass is 9.50. The van der Waals surface area contributed by atoms with E-state index in [2.05, 4.69) is 31.2 Å². The Morgan fingerprint density at radius 1 is 1.06 bits per heavy atom. The van der Waals surface area contributed by atoms with Crippen LogP contribution in [0.2, 0.25) is 0 Å². The lowest BCUT2D eigenvalue weighted by Gasteiger charge is -2.55. The van der Waals surface area contributed by atoms with Crippen molar-refractivity contribution < 1.29 is 19.4 Å². The van der Waals surface area contributed by atoms with E-state index in [9.17, 15) is 15.0 Å². The number of allylic oxidation sites excluding steroid dienone is 1. The summed E-state index contributed by atoms with van der Waals surface area (Å²) in [6.45, 7) is 2.26. The third kappa shape index (κ3) is 3.60. The van der Waals surface area contributed by atoms with Gasteiger partial charge in [0.1, 0.15) is 0 Å². The molecule has 4 aliphatic carbocycles. The summed E-state index contributed by atoms with van der Waals surface area (Å²) in [5.41, 5.74) is 3.70. The van der Waals surface area contributed by atoms with Gasteiger partial charge >= 0.3 is 0 Å². The molecule has 0 spiro atoms.